The first-order valence-electron chi connectivity index (χ1n) is 11.8. The van der Waals surface area contributed by atoms with Crippen LogP contribution in [-0.4, -0.2) is 91.2 Å². The number of nitrogens with one attached hydrogen (secondary N) is 2. The molecule has 2 N–H and O–H groups in total. The van der Waals surface area contributed by atoms with Crippen molar-refractivity contribution in [2.45, 2.75) is 18.8 Å². The Morgan fingerprint density at radius 3 is 2.57 bits per heavy atom. The second kappa shape index (κ2) is 13.2. The van der Waals surface area contributed by atoms with E-state index < -0.39 is 11.8 Å². The number of hydrazine groups is 1. The van der Waals surface area contributed by atoms with Crippen molar-refractivity contribution in [2.24, 2.45) is 0 Å². The van der Waals surface area contributed by atoms with Crippen LogP contribution in [0.25, 0.3) is 11.0 Å². The number of carbonyl (C=O) groups excluding carboxylic acids is 3. The molecular weight excluding hydrogens is 504 g/mol. The number of carbonyl (C=O) groups is 3. The van der Waals surface area contributed by atoms with Crippen molar-refractivity contribution in [3.63, 3.8) is 0 Å². The monoisotopic (exact) mass is 532 g/mol. The number of fused-ring (bicyclic) bond motifs is 1. The number of benzene rings is 1. The second-order valence-electron chi connectivity index (χ2n) is 8.26. The van der Waals surface area contributed by atoms with Crippen LogP contribution in [0.5, 0.6) is 0 Å². The van der Waals surface area contributed by atoms with Gasteiger partial charge in [-0.2, -0.15) is 0 Å². The van der Waals surface area contributed by atoms with Crippen LogP contribution in [0.4, 0.5) is 0 Å². The number of amides is 3. The molecule has 4 rings (SSSR count). The number of ether oxygens (including phenoxy) is 3. The highest BCUT2D eigenvalue weighted by molar-refractivity contribution is 7.09. The molecule has 13 nitrogen and oxygen atoms in total. The van der Waals surface area contributed by atoms with Crippen LogP contribution in [-0.2, 0) is 19.0 Å². The summed E-state index contributed by atoms with van der Waals surface area (Å²) in [4.78, 5) is 43.4. The first kappa shape index (κ1) is 26.6. The molecule has 0 bridgehead atoms. The number of methoxy groups -OCH3 is 1. The largest absolute Gasteiger partial charge is 0.382 e. The standard InChI is InChI=1S/C23H28N6O7S/c1-33-8-9-34-10-11-35-13-20(30)29-6-4-15(5-7-29)23-24-19(14-37-23)22(32)26-25-21(31)16-2-3-17-18(12-16)28-36-27-17/h2-3,12,14-15H,4-11,13H2,1H3,(H,25,31)(H,26,32). The molecule has 0 spiro atoms. The van der Waals surface area contributed by atoms with Gasteiger partial charge in [-0.3, -0.25) is 25.2 Å². The fourth-order valence-electron chi connectivity index (χ4n) is 3.74. The topological polar surface area (TPSA) is 158 Å². The molecule has 0 unspecified atom stereocenters. The van der Waals surface area contributed by atoms with E-state index in [1.165, 1.54) is 17.4 Å². The molecule has 1 aliphatic heterocycles. The maximum Gasteiger partial charge on any atom is 0.289 e. The predicted molar refractivity (Wildman–Crippen MR) is 131 cm³/mol. The number of likely N-dealkylation sites (tertiary alicyclic amines) is 1. The predicted octanol–water partition coefficient (Wildman–Crippen LogP) is 1.14. The highest BCUT2D eigenvalue weighted by atomic mass is 32.1. The van der Waals surface area contributed by atoms with Gasteiger partial charge in [-0.25, -0.2) is 9.61 Å². The molecule has 1 aromatic carbocycles. The normalized spacial score (nSPS) is 14.1. The molecule has 0 saturated carbocycles. The summed E-state index contributed by atoms with van der Waals surface area (Å²) < 4.78 is 20.2. The summed E-state index contributed by atoms with van der Waals surface area (Å²) in [6.45, 7) is 3.00. The zero-order valence-electron chi connectivity index (χ0n) is 20.3. The lowest BCUT2D eigenvalue weighted by molar-refractivity contribution is -0.137. The van der Waals surface area contributed by atoms with Crippen LogP contribution in [0.1, 0.15) is 44.6 Å². The summed E-state index contributed by atoms with van der Waals surface area (Å²) in [6, 6.07) is 4.66. The van der Waals surface area contributed by atoms with Gasteiger partial charge in [0.15, 0.2) is 0 Å². The summed E-state index contributed by atoms with van der Waals surface area (Å²) in [5.41, 5.74) is 6.23. The molecule has 0 radical (unpaired) electrons. The molecule has 3 amide bonds. The van der Waals surface area contributed by atoms with Gasteiger partial charge in [0.05, 0.1) is 31.4 Å². The van der Waals surface area contributed by atoms with Gasteiger partial charge in [0.1, 0.15) is 23.3 Å². The van der Waals surface area contributed by atoms with Crippen molar-refractivity contribution in [3.8, 4) is 0 Å². The van der Waals surface area contributed by atoms with E-state index in [0.29, 0.717) is 56.1 Å². The Hall–Kier alpha value is -3.46. The average Bonchev–Trinajstić information content (AvgIpc) is 3.61. The van der Waals surface area contributed by atoms with Gasteiger partial charge in [-0.1, -0.05) is 0 Å². The lowest BCUT2D eigenvalue weighted by Gasteiger charge is -2.31. The Balaban J connectivity index is 1.17. The van der Waals surface area contributed by atoms with Crippen molar-refractivity contribution < 1.29 is 33.2 Å². The molecule has 3 aromatic rings. The Morgan fingerprint density at radius 1 is 1.03 bits per heavy atom. The van der Waals surface area contributed by atoms with Crippen molar-refractivity contribution in [2.75, 3.05) is 53.2 Å². The number of nitrogens with zero attached hydrogens (tertiary/aromatic N) is 4. The fourth-order valence-corrected chi connectivity index (χ4v) is 4.71. The first-order valence-corrected chi connectivity index (χ1v) is 12.6. The van der Waals surface area contributed by atoms with Gasteiger partial charge >= 0.3 is 0 Å². The lowest BCUT2D eigenvalue weighted by Crippen LogP contribution is -2.41. The Labute approximate surface area is 216 Å². The van der Waals surface area contributed by atoms with Crippen LogP contribution in [0, 0.1) is 0 Å². The Morgan fingerprint density at radius 2 is 1.76 bits per heavy atom. The minimum absolute atomic E-state index is 0.0227. The second-order valence-corrected chi connectivity index (χ2v) is 9.15. The molecule has 1 saturated heterocycles. The first-order chi connectivity index (χ1) is 18.0. The average molecular weight is 533 g/mol. The molecule has 0 aliphatic carbocycles. The summed E-state index contributed by atoms with van der Waals surface area (Å²) in [7, 11) is 1.61. The highest BCUT2D eigenvalue weighted by Gasteiger charge is 2.26. The van der Waals surface area contributed by atoms with Gasteiger partial charge in [0.2, 0.25) is 5.91 Å². The Bertz CT molecular complexity index is 1210. The van der Waals surface area contributed by atoms with Crippen molar-refractivity contribution in [1.82, 2.24) is 31.0 Å². The number of hydrogen-bond acceptors (Lipinski definition) is 11. The molecule has 2 aromatic heterocycles. The Kier molecular flexibility index (Phi) is 9.48. The smallest absolute Gasteiger partial charge is 0.289 e. The van der Waals surface area contributed by atoms with E-state index in [1.807, 2.05) is 0 Å². The molecule has 14 heteroatoms. The van der Waals surface area contributed by atoms with Crippen LogP contribution < -0.4 is 10.9 Å². The van der Waals surface area contributed by atoms with Gasteiger partial charge in [-0.15, -0.1) is 11.3 Å². The molecule has 37 heavy (non-hydrogen) atoms. The van der Waals surface area contributed by atoms with Gasteiger partial charge in [0, 0.05) is 37.1 Å². The third-order valence-electron chi connectivity index (χ3n) is 5.79. The van der Waals surface area contributed by atoms with E-state index in [0.717, 1.165) is 17.8 Å². The lowest BCUT2D eigenvalue weighted by atomic mass is 9.97. The van der Waals surface area contributed by atoms with E-state index in [1.54, 1.807) is 29.5 Å². The molecule has 1 fully saturated rings. The van der Waals surface area contributed by atoms with Gasteiger partial charge < -0.3 is 19.1 Å². The van der Waals surface area contributed by atoms with Gasteiger partial charge in [-0.05, 0) is 41.4 Å². The van der Waals surface area contributed by atoms with Gasteiger partial charge in [0.25, 0.3) is 11.8 Å². The number of thiazole rings is 1. The number of aromatic nitrogens is 3. The zero-order valence-corrected chi connectivity index (χ0v) is 21.1. The van der Waals surface area contributed by atoms with E-state index in [9.17, 15) is 14.4 Å². The number of hydrogen-bond donors (Lipinski definition) is 2. The molecule has 3 heterocycles. The molecule has 0 atom stereocenters. The fraction of sp³-hybridized carbons (Fsp3) is 0.478. The number of piperidine rings is 1. The van der Waals surface area contributed by atoms with Crippen LogP contribution in [0.15, 0.2) is 28.2 Å². The molecule has 198 valence electrons. The summed E-state index contributed by atoms with van der Waals surface area (Å²) in [6.07, 6.45) is 1.49. The van der Waals surface area contributed by atoms with E-state index in [4.69, 9.17) is 14.2 Å². The molecular formula is C23H28N6O7S. The van der Waals surface area contributed by atoms with Crippen LogP contribution in [0.3, 0.4) is 0 Å². The molecule has 1 aliphatic rings. The van der Waals surface area contributed by atoms with Crippen molar-refractivity contribution in [1.29, 1.82) is 0 Å². The summed E-state index contributed by atoms with van der Waals surface area (Å²) in [5.74, 6) is -0.920. The maximum atomic E-state index is 12.5. The van der Waals surface area contributed by atoms with Crippen molar-refractivity contribution >= 4 is 40.1 Å². The SMILES string of the molecule is COCCOCCOCC(=O)N1CCC(c2nc(C(=O)NNC(=O)c3ccc4nonc4c3)cs2)CC1. The third kappa shape index (κ3) is 7.29. The maximum absolute atomic E-state index is 12.5. The highest BCUT2D eigenvalue weighted by Crippen LogP contribution is 2.30. The summed E-state index contributed by atoms with van der Waals surface area (Å²) >= 11 is 1.39. The van der Waals surface area contributed by atoms with Crippen molar-refractivity contribution in [3.05, 3.63) is 39.8 Å². The van der Waals surface area contributed by atoms with Crippen LogP contribution in [0.2, 0.25) is 0 Å². The summed E-state index contributed by atoms with van der Waals surface area (Å²) in [5, 5.41) is 9.87. The van der Waals surface area contributed by atoms with E-state index in [-0.39, 0.29) is 24.1 Å². The van der Waals surface area contributed by atoms with Crippen LogP contribution >= 0.6 is 11.3 Å². The van der Waals surface area contributed by atoms with E-state index in [2.05, 4.69) is 30.8 Å². The third-order valence-corrected chi connectivity index (χ3v) is 6.79. The zero-order chi connectivity index (χ0) is 26.0. The minimum Gasteiger partial charge on any atom is -0.382 e. The number of rotatable bonds is 11. The van der Waals surface area contributed by atoms with E-state index >= 15 is 0 Å². The quantitative estimate of drug-likeness (QED) is 0.271. The minimum atomic E-state index is -0.518.